The molecule has 0 saturated carbocycles. The fraction of sp³-hybridized carbons (Fsp3) is 0.211. The van der Waals surface area contributed by atoms with Gasteiger partial charge in [0.15, 0.2) is 0 Å². The summed E-state index contributed by atoms with van der Waals surface area (Å²) in [5.74, 6) is 0. The maximum Gasteiger partial charge on any atom is 0.137 e. The molecule has 2 aromatic heterocycles. The van der Waals surface area contributed by atoms with Crippen LogP contribution in [-0.4, -0.2) is 9.38 Å². The Balaban J connectivity index is 2.30. The molecule has 0 radical (unpaired) electrons. The molecule has 0 fully saturated rings. The van der Waals surface area contributed by atoms with Gasteiger partial charge < -0.3 is 0 Å². The van der Waals surface area contributed by atoms with Crippen molar-refractivity contribution in [1.29, 1.82) is 0 Å². The van der Waals surface area contributed by atoms with E-state index in [1.54, 1.807) is 0 Å². The second-order valence-corrected chi connectivity index (χ2v) is 6.63. The van der Waals surface area contributed by atoms with Crippen LogP contribution in [0.25, 0.3) is 27.5 Å². The van der Waals surface area contributed by atoms with Gasteiger partial charge >= 0.3 is 0 Å². The molecule has 0 unspecified atom stereocenters. The van der Waals surface area contributed by atoms with E-state index in [0.29, 0.717) is 0 Å². The van der Waals surface area contributed by atoms with Crippen molar-refractivity contribution < 1.29 is 0 Å². The number of benzene rings is 2. The summed E-state index contributed by atoms with van der Waals surface area (Å²) in [4.78, 5) is 4.83. The van der Waals surface area contributed by atoms with Gasteiger partial charge in [-0.3, -0.25) is 4.40 Å². The highest BCUT2D eigenvalue weighted by Crippen LogP contribution is 2.35. The molecule has 0 bridgehead atoms. The minimum atomic E-state index is 0.104. The Labute approximate surface area is 124 Å². The molecule has 104 valence electrons. The highest BCUT2D eigenvalue weighted by Gasteiger charge is 2.20. The summed E-state index contributed by atoms with van der Waals surface area (Å²) in [6.45, 7) is 6.80. The Morgan fingerprint density at radius 3 is 2.38 bits per heavy atom. The second-order valence-electron chi connectivity index (χ2n) is 6.63. The van der Waals surface area contributed by atoms with E-state index in [-0.39, 0.29) is 5.41 Å². The zero-order chi connectivity index (χ0) is 14.6. The van der Waals surface area contributed by atoms with E-state index in [4.69, 9.17) is 4.98 Å². The highest BCUT2D eigenvalue weighted by molar-refractivity contribution is 6.07. The Morgan fingerprint density at radius 1 is 0.905 bits per heavy atom. The minimum absolute atomic E-state index is 0.104. The minimum Gasteiger partial charge on any atom is -0.300 e. The van der Waals surface area contributed by atoms with Crippen molar-refractivity contribution in [2.24, 2.45) is 0 Å². The number of nitrogens with zero attached hydrogens (tertiary/aromatic N) is 2. The predicted molar refractivity (Wildman–Crippen MR) is 88.9 cm³/mol. The molecule has 21 heavy (non-hydrogen) atoms. The molecule has 0 aliphatic heterocycles. The molecule has 0 amide bonds. The topological polar surface area (TPSA) is 17.3 Å². The van der Waals surface area contributed by atoms with Crippen LogP contribution in [0.3, 0.4) is 0 Å². The number of fused-ring (bicyclic) bond motifs is 5. The number of pyridine rings is 1. The van der Waals surface area contributed by atoms with Gasteiger partial charge in [-0.2, -0.15) is 0 Å². The average molecular weight is 274 g/mol. The molecular formula is C19H18N2. The molecule has 2 nitrogen and oxygen atoms in total. The molecule has 0 atom stereocenters. The van der Waals surface area contributed by atoms with Crippen molar-refractivity contribution >= 4 is 27.5 Å². The van der Waals surface area contributed by atoms with Gasteiger partial charge in [-0.15, -0.1) is 0 Å². The maximum absolute atomic E-state index is 4.83. The van der Waals surface area contributed by atoms with Crippen LogP contribution in [0.1, 0.15) is 26.3 Å². The first-order valence-electron chi connectivity index (χ1n) is 7.35. The summed E-state index contributed by atoms with van der Waals surface area (Å²) in [5.41, 5.74) is 4.76. The smallest absolute Gasteiger partial charge is 0.137 e. The van der Waals surface area contributed by atoms with E-state index < -0.39 is 0 Å². The SMILES string of the molecule is CC(C)(C)c1cc2c(nc3ccccn32)c2ccccc12. The fourth-order valence-corrected chi connectivity index (χ4v) is 3.11. The normalized spacial score (nSPS) is 12.5. The first kappa shape index (κ1) is 12.4. The van der Waals surface area contributed by atoms with Gasteiger partial charge in [0.1, 0.15) is 5.65 Å². The fourth-order valence-electron chi connectivity index (χ4n) is 3.11. The Morgan fingerprint density at radius 2 is 1.62 bits per heavy atom. The van der Waals surface area contributed by atoms with Gasteiger partial charge in [0.05, 0.1) is 11.0 Å². The van der Waals surface area contributed by atoms with Crippen LogP contribution in [0.5, 0.6) is 0 Å². The van der Waals surface area contributed by atoms with E-state index in [1.807, 2.05) is 6.07 Å². The standard InChI is InChI=1S/C19H18N2/c1-19(2,3)15-12-16-18(14-9-5-4-8-13(14)15)20-17-10-6-7-11-21(16)17/h4-12H,1-3H3. The van der Waals surface area contributed by atoms with Crippen molar-refractivity contribution in [3.05, 3.63) is 60.3 Å². The van der Waals surface area contributed by atoms with Crippen molar-refractivity contribution in [3.8, 4) is 0 Å². The van der Waals surface area contributed by atoms with Crippen molar-refractivity contribution in [3.63, 3.8) is 0 Å². The summed E-state index contributed by atoms with van der Waals surface area (Å²) in [7, 11) is 0. The van der Waals surface area contributed by atoms with E-state index in [1.165, 1.54) is 21.9 Å². The summed E-state index contributed by atoms with van der Waals surface area (Å²) in [6.07, 6.45) is 2.09. The maximum atomic E-state index is 4.83. The first-order valence-corrected chi connectivity index (χ1v) is 7.35. The van der Waals surface area contributed by atoms with Crippen LogP contribution in [-0.2, 0) is 5.41 Å². The Hall–Kier alpha value is -2.35. The molecule has 2 heterocycles. The lowest BCUT2D eigenvalue weighted by atomic mass is 9.83. The molecule has 2 heteroatoms. The van der Waals surface area contributed by atoms with E-state index in [9.17, 15) is 0 Å². The molecule has 4 aromatic rings. The van der Waals surface area contributed by atoms with Crippen LogP contribution in [0, 0.1) is 0 Å². The molecule has 2 aromatic carbocycles. The zero-order valence-corrected chi connectivity index (χ0v) is 12.6. The average Bonchev–Trinajstić information content (AvgIpc) is 2.84. The van der Waals surface area contributed by atoms with Gasteiger partial charge in [-0.25, -0.2) is 4.98 Å². The van der Waals surface area contributed by atoms with Gasteiger partial charge in [0.2, 0.25) is 0 Å². The van der Waals surface area contributed by atoms with Crippen LogP contribution >= 0.6 is 0 Å². The van der Waals surface area contributed by atoms with Crippen LogP contribution in [0.2, 0.25) is 0 Å². The lowest BCUT2D eigenvalue weighted by Gasteiger charge is -2.21. The van der Waals surface area contributed by atoms with E-state index in [2.05, 4.69) is 73.8 Å². The Kier molecular flexibility index (Phi) is 2.41. The van der Waals surface area contributed by atoms with Crippen molar-refractivity contribution in [2.45, 2.75) is 26.2 Å². The number of rotatable bonds is 0. The quantitative estimate of drug-likeness (QED) is 0.444. The van der Waals surface area contributed by atoms with Gasteiger partial charge in [-0.05, 0) is 34.6 Å². The molecule has 0 saturated heterocycles. The largest absolute Gasteiger partial charge is 0.300 e. The monoisotopic (exact) mass is 274 g/mol. The molecule has 0 spiro atoms. The molecule has 4 rings (SSSR count). The van der Waals surface area contributed by atoms with Gasteiger partial charge in [-0.1, -0.05) is 51.1 Å². The molecule has 0 N–H and O–H groups in total. The molecule has 0 aliphatic carbocycles. The third-order valence-corrected chi connectivity index (χ3v) is 4.13. The van der Waals surface area contributed by atoms with Crippen molar-refractivity contribution in [1.82, 2.24) is 9.38 Å². The Bertz CT molecular complexity index is 971. The summed E-state index contributed by atoms with van der Waals surface area (Å²) >= 11 is 0. The van der Waals surface area contributed by atoms with Gasteiger partial charge in [0, 0.05) is 11.6 Å². The number of hydrogen-bond donors (Lipinski definition) is 0. The molecular weight excluding hydrogens is 256 g/mol. The highest BCUT2D eigenvalue weighted by atomic mass is 15.0. The summed E-state index contributed by atoms with van der Waals surface area (Å²) < 4.78 is 2.18. The second kappa shape index (κ2) is 4.08. The summed E-state index contributed by atoms with van der Waals surface area (Å²) in [6, 6.07) is 17.0. The van der Waals surface area contributed by atoms with Crippen LogP contribution in [0.15, 0.2) is 54.7 Å². The predicted octanol–water partition coefficient (Wildman–Crippen LogP) is 4.94. The van der Waals surface area contributed by atoms with Crippen LogP contribution < -0.4 is 0 Å². The van der Waals surface area contributed by atoms with Crippen LogP contribution in [0.4, 0.5) is 0 Å². The number of hydrogen-bond acceptors (Lipinski definition) is 1. The van der Waals surface area contributed by atoms with E-state index >= 15 is 0 Å². The first-order chi connectivity index (χ1) is 10.1. The molecule has 0 aliphatic rings. The van der Waals surface area contributed by atoms with E-state index in [0.717, 1.165) is 11.2 Å². The van der Waals surface area contributed by atoms with Gasteiger partial charge in [0.25, 0.3) is 0 Å². The third-order valence-electron chi connectivity index (χ3n) is 4.13. The number of imidazole rings is 1. The lowest BCUT2D eigenvalue weighted by molar-refractivity contribution is 0.596. The summed E-state index contributed by atoms with van der Waals surface area (Å²) in [5, 5.41) is 2.55. The third kappa shape index (κ3) is 1.75. The van der Waals surface area contributed by atoms with Crippen molar-refractivity contribution in [2.75, 3.05) is 0 Å². The lowest BCUT2D eigenvalue weighted by Crippen LogP contribution is -2.11. The zero-order valence-electron chi connectivity index (χ0n) is 12.6. The number of aromatic nitrogens is 2.